The second-order valence-electron chi connectivity index (χ2n) is 3.72. The molecule has 0 atom stereocenters. The van der Waals surface area contributed by atoms with E-state index in [9.17, 15) is 4.79 Å². The van der Waals surface area contributed by atoms with E-state index in [1.807, 2.05) is 29.6 Å². The molecule has 0 saturated heterocycles. The maximum Gasteiger partial charge on any atom is 0.258 e. The Labute approximate surface area is 132 Å². The molecule has 0 unspecified atom stereocenters. The van der Waals surface area contributed by atoms with Crippen molar-refractivity contribution in [2.45, 2.75) is 6.54 Å². The van der Waals surface area contributed by atoms with Crippen molar-refractivity contribution in [1.29, 1.82) is 0 Å². The van der Waals surface area contributed by atoms with Crippen molar-refractivity contribution in [3.8, 4) is 5.75 Å². The average Bonchev–Trinajstić information content (AvgIpc) is 2.88. The van der Waals surface area contributed by atoms with Gasteiger partial charge in [0.1, 0.15) is 5.75 Å². The lowest BCUT2D eigenvalue weighted by atomic mass is 10.3. The van der Waals surface area contributed by atoms with Gasteiger partial charge in [-0.05, 0) is 45.6 Å². The summed E-state index contributed by atoms with van der Waals surface area (Å²) < 4.78 is 7.21. The highest BCUT2D eigenvalue weighted by Gasteiger charge is 2.06. The molecule has 0 fully saturated rings. The topological polar surface area (TPSA) is 38.3 Å². The van der Waals surface area contributed by atoms with E-state index in [4.69, 9.17) is 4.74 Å². The first-order valence-electron chi connectivity index (χ1n) is 5.52. The molecule has 0 radical (unpaired) electrons. The molecule has 0 spiro atoms. The number of hydrogen-bond donors (Lipinski definition) is 1. The zero-order valence-electron chi connectivity index (χ0n) is 9.86. The van der Waals surface area contributed by atoms with Gasteiger partial charge < -0.3 is 10.1 Å². The standard InChI is InChI=1S/C13H11Br2NO2S/c14-9-3-4-12(11(15)6-9)18-8-13(17)16-7-10-2-1-5-19-10/h1-6H,7-8H2,(H,16,17). The van der Waals surface area contributed by atoms with Crippen molar-refractivity contribution < 1.29 is 9.53 Å². The highest BCUT2D eigenvalue weighted by molar-refractivity contribution is 9.11. The zero-order chi connectivity index (χ0) is 13.7. The number of halogens is 2. The second kappa shape index (κ2) is 7.07. The molecule has 0 saturated carbocycles. The Hall–Kier alpha value is -0.850. The number of carbonyl (C=O) groups is 1. The molecule has 2 aromatic rings. The number of ether oxygens (including phenoxy) is 1. The highest BCUT2D eigenvalue weighted by atomic mass is 79.9. The first kappa shape index (κ1) is 14.6. The molecular weight excluding hydrogens is 394 g/mol. The largest absolute Gasteiger partial charge is 0.483 e. The fourth-order valence-electron chi connectivity index (χ4n) is 1.39. The molecule has 0 aliphatic carbocycles. The van der Waals surface area contributed by atoms with Gasteiger partial charge in [0, 0.05) is 9.35 Å². The van der Waals surface area contributed by atoms with Crippen LogP contribution in [0.15, 0.2) is 44.7 Å². The minimum Gasteiger partial charge on any atom is -0.483 e. The summed E-state index contributed by atoms with van der Waals surface area (Å²) in [5, 5.41) is 4.79. The monoisotopic (exact) mass is 403 g/mol. The molecule has 19 heavy (non-hydrogen) atoms. The Balaban J connectivity index is 1.80. The molecule has 6 heteroatoms. The molecule has 100 valence electrons. The lowest BCUT2D eigenvalue weighted by Crippen LogP contribution is -2.28. The molecule has 0 aliphatic rings. The summed E-state index contributed by atoms with van der Waals surface area (Å²) in [7, 11) is 0. The van der Waals surface area contributed by atoms with Crippen LogP contribution < -0.4 is 10.1 Å². The Morgan fingerprint density at radius 2 is 2.16 bits per heavy atom. The maximum absolute atomic E-state index is 11.6. The van der Waals surface area contributed by atoms with Crippen molar-refractivity contribution in [2.24, 2.45) is 0 Å². The van der Waals surface area contributed by atoms with Gasteiger partial charge in [-0.1, -0.05) is 22.0 Å². The van der Waals surface area contributed by atoms with Gasteiger partial charge in [0.05, 0.1) is 11.0 Å². The van der Waals surface area contributed by atoms with Gasteiger partial charge in [0.25, 0.3) is 5.91 Å². The van der Waals surface area contributed by atoms with Crippen LogP contribution in [0.3, 0.4) is 0 Å². The molecule has 2 rings (SSSR count). The summed E-state index contributed by atoms with van der Waals surface area (Å²) >= 11 is 8.36. The van der Waals surface area contributed by atoms with Gasteiger partial charge in [0.2, 0.25) is 0 Å². The summed E-state index contributed by atoms with van der Waals surface area (Å²) in [6.45, 7) is 0.549. The van der Waals surface area contributed by atoms with E-state index < -0.39 is 0 Å². The summed E-state index contributed by atoms with van der Waals surface area (Å²) in [6.07, 6.45) is 0. The van der Waals surface area contributed by atoms with Crippen LogP contribution in [0.5, 0.6) is 5.75 Å². The van der Waals surface area contributed by atoms with Gasteiger partial charge in [-0.15, -0.1) is 11.3 Å². The van der Waals surface area contributed by atoms with Crippen LogP contribution in [-0.4, -0.2) is 12.5 Å². The summed E-state index contributed by atoms with van der Waals surface area (Å²) in [6, 6.07) is 9.49. The SMILES string of the molecule is O=C(COc1ccc(Br)cc1Br)NCc1cccs1. The smallest absolute Gasteiger partial charge is 0.258 e. The van der Waals surface area contributed by atoms with E-state index in [0.29, 0.717) is 12.3 Å². The van der Waals surface area contributed by atoms with Crippen LogP contribution in [-0.2, 0) is 11.3 Å². The van der Waals surface area contributed by atoms with Crippen molar-refractivity contribution in [3.63, 3.8) is 0 Å². The average molecular weight is 405 g/mol. The third kappa shape index (κ3) is 4.63. The third-order valence-corrected chi connectivity index (χ3v) is 4.28. The predicted molar refractivity (Wildman–Crippen MR) is 83.5 cm³/mol. The van der Waals surface area contributed by atoms with E-state index in [1.165, 1.54) is 0 Å². The van der Waals surface area contributed by atoms with Crippen LogP contribution in [0, 0.1) is 0 Å². The number of nitrogens with one attached hydrogen (secondary N) is 1. The molecule has 3 nitrogen and oxygen atoms in total. The highest BCUT2D eigenvalue weighted by Crippen LogP contribution is 2.28. The maximum atomic E-state index is 11.6. The normalized spacial score (nSPS) is 10.2. The Morgan fingerprint density at radius 3 is 2.84 bits per heavy atom. The molecule has 0 bridgehead atoms. The summed E-state index contributed by atoms with van der Waals surface area (Å²) in [5.74, 6) is 0.512. The van der Waals surface area contributed by atoms with Gasteiger partial charge in [-0.2, -0.15) is 0 Å². The van der Waals surface area contributed by atoms with Crippen LogP contribution in [0.2, 0.25) is 0 Å². The van der Waals surface area contributed by atoms with Gasteiger partial charge in [-0.3, -0.25) is 4.79 Å². The molecule has 1 N–H and O–H groups in total. The molecule has 1 aromatic carbocycles. The number of amides is 1. The van der Waals surface area contributed by atoms with Crippen LogP contribution in [0.1, 0.15) is 4.88 Å². The molecule has 0 aliphatic heterocycles. The van der Waals surface area contributed by atoms with Crippen LogP contribution >= 0.6 is 43.2 Å². The third-order valence-electron chi connectivity index (χ3n) is 2.29. The van der Waals surface area contributed by atoms with E-state index in [2.05, 4.69) is 37.2 Å². The number of benzene rings is 1. The predicted octanol–water partition coefficient (Wildman–Crippen LogP) is 3.97. The first-order chi connectivity index (χ1) is 9.15. The van der Waals surface area contributed by atoms with E-state index in [0.717, 1.165) is 13.8 Å². The number of hydrogen-bond acceptors (Lipinski definition) is 3. The summed E-state index contributed by atoms with van der Waals surface area (Å²) in [5.41, 5.74) is 0. The van der Waals surface area contributed by atoms with Gasteiger partial charge in [-0.25, -0.2) is 0 Å². The Bertz CT molecular complexity index is 558. The zero-order valence-corrected chi connectivity index (χ0v) is 13.8. The first-order valence-corrected chi connectivity index (χ1v) is 7.98. The van der Waals surface area contributed by atoms with Crippen molar-refractivity contribution in [2.75, 3.05) is 6.61 Å². The Kier molecular flexibility index (Phi) is 5.42. The van der Waals surface area contributed by atoms with Crippen molar-refractivity contribution >= 4 is 49.1 Å². The quantitative estimate of drug-likeness (QED) is 0.818. The molecule has 1 heterocycles. The number of thiophene rings is 1. The minimum absolute atomic E-state index is 0.00556. The minimum atomic E-state index is -0.136. The number of carbonyl (C=O) groups excluding carboxylic acids is 1. The van der Waals surface area contributed by atoms with Crippen LogP contribution in [0.4, 0.5) is 0 Å². The Morgan fingerprint density at radius 1 is 1.32 bits per heavy atom. The molecule has 1 amide bonds. The van der Waals surface area contributed by atoms with Gasteiger partial charge in [0.15, 0.2) is 6.61 Å². The molecule has 1 aromatic heterocycles. The van der Waals surface area contributed by atoms with Gasteiger partial charge >= 0.3 is 0 Å². The lowest BCUT2D eigenvalue weighted by molar-refractivity contribution is -0.123. The van der Waals surface area contributed by atoms with E-state index in [1.54, 1.807) is 17.4 Å². The second-order valence-corrected chi connectivity index (χ2v) is 6.52. The van der Waals surface area contributed by atoms with E-state index >= 15 is 0 Å². The van der Waals surface area contributed by atoms with Crippen molar-refractivity contribution in [3.05, 3.63) is 49.5 Å². The lowest BCUT2D eigenvalue weighted by Gasteiger charge is -2.08. The number of rotatable bonds is 5. The summed E-state index contributed by atoms with van der Waals surface area (Å²) in [4.78, 5) is 12.8. The fraction of sp³-hybridized carbons (Fsp3) is 0.154. The van der Waals surface area contributed by atoms with E-state index in [-0.39, 0.29) is 12.5 Å². The fourth-order valence-corrected chi connectivity index (χ4v) is 3.19. The molecular formula is C13H11Br2NO2S. The van der Waals surface area contributed by atoms with Crippen molar-refractivity contribution in [1.82, 2.24) is 5.32 Å². The van der Waals surface area contributed by atoms with Crippen LogP contribution in [0.25, 0.3) is 0 Å².